The first-order chi connectivity index (χ1) is 12.8. The van der Waals surface area contributed by atoms with Gasteiger partial charge in [-0.25, -0.2) is 9.97 Å². The Hall–Kier alpha value is -2.71. The van der Waals surface area contributed by atoms with Crippen LogP contribution in [0.3, 0.4) is 0 Å². The molecule has 0 bridgehead atoms. The minimum Gasteiger partial charge on any atom is -0.336 e. The predicted molar refractivity (Wildman–Crippen MR) is 106 cm³/mol. The molecule has 130 valence electrons. The quantitative estimate of drug-likeness (QED) is 0.499. The summed E-state index contributed by atoms with van der Waals surface area (Å²) in [5.41, 5.74) is 3.33. The molecule has 1 amide bonds. The molecule has 0 aliphatic rings. The monoisotopic (exact) mass is 381 g/mol. The number of amides is 1. The van der Waals surface area contributed by atoms with Crippen molar-refractivity contribution in [2.75, 3.05) is 11.1 Å². The molecule has 4 aromatic heterocycles. The number of fused-ring (bicyclic) bond motifs is 1. The maximum atomic E-state index is 12.9. The third kappa shape index (κ3) is 3.21. The van der Waals surface area contributed by atoms with Crippen molar-refractivity contribution in [3.63, 3.8) is 0 Å². The molecule has 0 atom stereocenters. The first-order valence-electron chi connectivity index (χ1n) is 8.01. The molecule has 0 aliphatic carbocycles. The van der Waals surface area contributed by atoms with Crippen molar-refractivity contribution in [1.82, 2.24) is 19.9 Å². The average Bonchev–Trinajstić information content (AvgIpc) is 3.32. The average molecular weight is 381 g/mol. The Balaban J connectivity index is 1.69. The van der Waals surface area contributed by atoms with Crippen LogP contribution in [0, 0.1) is 0 Å². The maximum absolute atomic E-state index is 12.9. The van der Waals surface area contributed by atoms with Gasteiger partial charge in [0.15, 0.2) is 5.65 Å². The molecule has 0 spiro atoms. The van der Waals surface area contributed by atoms with Crippen LogP contribution >= 0.6 is 23.1 Å². The topological polar surface area (TPSA) is 83.6 Å². The second-order valence-electron chi connectivity index (χ2n) is 5.41. The number of anilines is 1. The van der Waals surface area contributed by atoms with Crippen molar-refractivity contribution in [3.05, 3.63) is 53.1 Å². The van der Waals surface area contributed by atoms with Crippen molar-refractivity contribution in [1.29, 1.82) is 0 Å². The summed E-state index contributed by atoms with van der Waals surface area (Å²) in [6.07, 6.45) is 4.98. The number of H-pyrrole nitrogens is 1. The lowest BCUT2D eigenvalue weighted by Crippen LogP contribution is -2.13. The Labute approximate surface area is 158 Å². The summed E-state index contributed by atoms with van der Waals surface area (Å²) in [6, 6.07) is 5.57. The van der Waals surface area contributed by atoms with Gasteiger partial charge in [-0.1, -0.05) is 6.92 Å². The molecule has 0 fully saturated rings. The van der Waals surface area contributed by atoms with Crippen molar-refractivity contribution < 1.29 is 4.79 Å². The first-order valence-corrected chi connectivity index (χ1v) is 9.94. The number of imidazole rings is 1. The number of thiophene rings is 1. The Morgan fingerprint density at radius 2 is 2.23 bits per heavy atom. The number of nitrogens with zero attached hydrogens (tertiary/aromatic N) is 3. The van der Waals surface area contributed by atoms with E-state index < -0.39 is 0 Å². The molecule has 0 saturated carbocycles. The molecule has 4 heterocycles. The lowest BCUT2D eigenvalue weighted by Gasteiger charge is -2.09. The summed E-state index contributed by atoms with van der Waals surface area (Å²) >= 11 is 3.25. The van der Waals surface area contributed by atoms with Crippen molar-refractivity contribution in [2.45, 2.75) is 11.8 Å². The van der Waals surface area contributed by atoms with Gasteiger partial charge in [-0.2, -0.15) is 11.3 Å². The van der Waals surface area contributed by atoms with E-state index in [4.69, 9.17) is 0 Å². The zero-order chi connectivity index (χ0) is 17.9. The van der Waals surface area contributed by atoms with E-state index in [0.29, 0.717) is 28.2 Å². The standard InChI is InChI=1S/C18H15N5OS2/c1-2-26-14-4-6-19-9-13(14)21-18(24)12-3-7-20-17-15(12)22-16(23-17)11-5-8-25-10-11/h3-10H,2H2,1H3,(H,21,24)(H,20,22,23). The first kappa shape index (κ1) is 16.7. The molecule has 4 aromatic rings. The highest BCUT2D eigenvalue weighted by molar-refractivity contribution is 7.99. The summed E-state index contributed by atoms with van der Waals surface area (Å²) in [5, 5.41) is 6.94. The molecular formula is C18H15N5OS2. The highest BCUT2D eigenvalue weighted by Crippen LogP contribution is 2.27. The number of aromatic nitrogens is 4. The van der Waals surface area contributed by atoms with E-state index in [1.807, 2.05) is 22.9 Å². The fourth-order valence-corrected chi connectivity index (χ4v) is 3.95. The molecule has 6 nitrogen and oxygen atoms in total. The van der Waals surface area contributed by atoms with Gasteiger partial charge >= 0.3 is 0 Å². The molecule has 0 radical (unpaired) electrons. The molecule has 0 unspecified atom stereocenters. The van der Waals surface area contributed by atoms with Crippen LogP contribution in [0.5, 0.6) is 0 Å². The second kappa shape index (κ2) is 7.27. The molecule has 4 rings (SSSR count). The van der Waals surface area contributed by atoms with E-state index in [2.05, 4.69) is 32.2 Å². The van der Waals surface area contributed by atoms with Crippen LogP contribution in [0.4, 0.5) is 5.69 Å². The largest absolute Gasteiger partial charge is 0.336 e. The van der Waals surface area contributed by atoms with E-state index in [1.54, 1.807) is 47.8 Å². The van der Waals surface area contributed by atoms with E-state index >= 15 is 0 Å². The summed E-state index contributed by atoms with van der Waals surface area (Å²) < 4.78 is 0. The number of pyridine rings is 2. The van der Waals surface area contributed by atoms with Crippen LogP contribution < -0.4 is 5.32 Å². The zero-order valence-electron chi connectivity index (χ0n) is 13.9. The minimum atomic E-state index is -0.219. The van der Waals surface area contributed by atoms with Crippen LogP contribution in [0.1, 0.15) is 17.3 Å². The number of nitrogens with one attached hydrogen (secondary N) is 2. The molecule has 26 heavy (non-hydrogen) atoms. The van der Waals surface area contributed by atoms with Gasteiger partial charge in [-0.05, 0) is 29.3 Å². The minimum absolute atomic E-state index is 0.219. The van der Waals surface area contributed by atoms with Crippen LogP contribution in [0.2, 0.25) is 0 Å². The number of aromatic amines is 1. The van der Waals surface area contributed by atoms with E-state index in [0.717, 1.165) is 16.2 Å². The molecule has 2 N–H and O–H groups in total. The highest BCUT2D eigenvalue weighted by Gasteiger charge is 2.16. The van der Waals surface area contributed by atoms with E-state index in [1.165, 1.54) is 0 Å². The Morgan fingerprint density at radius 3 is 3.04 bits per heavy atom. The Kier molecular flexibility index (Phi) is 4.68. The number of carbonyl (C=O) groups is 1. The molecule has 8 heteroatoms. The molecule has 0 aliphatic heterocycles. The van der Waals surface area contributed by atoms with Crippen LogP contribution in [0.15, 0.2) is 52.4 Å². The fraction of sp³-hybridized carbons (Fsp3) is 0.111. The normalized spacial score (nSPS) is 11.0. The van der Waals surface area contributed by atoms with Gasteiger partial charge in [0.05, 0.1) is 23.0 Å². The van der Waals surface area contributed by atoms with Gasteiger partial charge in [0.1, 0.15) is 5.82 Å². The molecular weight excluding hydrogens is 366 g/mol. The van der Waals surface area contributed by atoms with Gasteiger partial charge in [-0.15, -0.1) is 11.8 Å². The van der Waals surface area contributed by atoms with Gasteiger partial charge in [0.2, 0.25) is 0 Å². The van der Waals surface area contributed by atoms with Gasteiger partial charge in [0, 0.05) is 28.2 Å². The van der Waals surface area contributed by atoms with Crippen molar-refractivity contribution >= 4 is 45.9 Å². The van der Waals surface area contributed by atoms with E-state index in [-0.39, 0.29) is 5.91 Å². The number of thioether (sulfide) groups is 1. The maximum Gasteiger partial charge on any atom is 0.258 e. The van der Waals surface area contributed by atoms with Crippen molar-refractivity contribution in [3.8, 4) is 11.4 Å². The van der Waals surface area contributed by atoms with E-state index in [9.17, 15) is 4.79 Å². The third-order valence-corrected chi connectivity index (χ3v) is 5.40. The summed E-state index contributed by atoms with van der Waals surface area (Å²) in [5.74, 6) is 1.40. The highest BCUT2D eigenvalue weighted by atomic mass is 32.2. The van der Waals surface area contributed by atoms with Gasteiger partial charge < -0.3 is 10.3 Å². The summed E-state index contributed by atoms with van der Waals surface area (Å²) in [6.45, 7) is 2.07. The van der Waals surface area contributed by atoms with Crippen LogP contribution in [-0.4, -0.2) is 31.6 Å². The molecule has 0 saturated heterocycles. The Morgan fingerprint density at radius 1 is 1.31 bits per heavy atom. The smallest absolute Gasteiger partial charge is 0.258 e. The van der Waals surface area contributed by atoms with Crippen LogP contribution in [0.25, 0.3) is 22.6 Å². The SMILES string of the molecule is CCSc1ccncc1NC(=O)c1ccnc2nc(-c3ccsc3)[nH]c12. The molecule has 0 aromatic carbocycles. The fourth-order valence-electron chi connectivity index (χ4n) is 2.58. The predicted octanol–water partition coefficient (Wildman–Crippen LogP) is 4.45. The Bertz CT molecular complexity index is 1060. The van der Waals surface area contributed by atoms with Crippen LogP contribution in [-0.2, 0) is 0 Å². The lowest BCUT2D eigenvalue weighted by atomic mass is 10.2. The number of hydrogen-bond donors (Lipinski definition) is 2. The third-order valence-electron chi connectivity index (χ3n) is 3.76. The number of hydrogen-bond acceptors (Lipinski definition) is 6. The van der Waals surface area contributed by atoms with Crippen molar-refractivity contribution in [2.24, 2.45) is 0 Å². The lowest BCUT2D eigenvalue weighted by molar-refractivity contribution is 0.102. The summed E-state index contributed by atoms with van der Waals surface area (Å²) in [7, 11) is 0. The summed E-state index contributed by atoms with van der Waals surface area (Å²) in [4.78, 5) is 30.0. The number of rotatable bonds is 5. The number of carbonyl (C=O) groups excluding carboxylic acids is 1. The zero-order valence-corrected chi connectivity index (χ0v) is 15.5. The van der Waals surface area contributed by atoms with Gasteiger partial charge in [-0.3, -0.25) is 9.78 Å². The second-order valence-corrected chi connectivity index (χ2v) is 7.50. The van der Waals surface area contributed by atoms with Gasteiger partial charge in [0.25, 0.3) is 5.91 Å².